The molecular formula is C21H38O3Si. The van der Waals surface area contributed by atoms with Gasteiger partial charge in [0.2, 0.25) is 0 Å². The summed E-state index contributed by atoms with van der Waals surface area (Å²) >= 11 is 0. The van der Waals surface area contributed by atoms with E-state index in [0.717, 1.165) is 32.1 Å². The fourth-order valence-electron chi connectivity index (χ4n) is 5.62. The Hall–Kier alpha value is -0.193. The van der Waals surface area contributed by atoms with Gasteiger partial charge in [-0.25, -0.2) is 0 Å². The molecule has 3 nitrogen and oxygen atoms in total. The Morgan fingerprint density at radius 2 is 1.92 bits per heavy atom. The van der Waals surface area contributed by atoms with Crippen LogP contribution < -0.4 is 0 Å². The molecule has 2 saturated heterocycles. The molecule has 1 aliphatic carbocycles. The van der Waals surface area contributed by atoms with E-state index in [1.165, 1.54) is 0 Å². The van der Waals surface area contributed by atoms with Crippen molar-refractivity contribution in [3.05, 3.63) is 0 Å². The summed E-state index contributed by atoms with van der Waals surface area (Å²) in [6, 6.07) is 0. The molecule has 1 spiro atoms. The molecule has 0 aromatic rings. The monoisotopic (exact) mass is 366 g/mol. The van der Waals surface area contributed by atoms with Gasteiger partial charge in [-0.05, 0) is 49.7 Å². The fraction of sp³-hybridized carbons (Fsp3) is 0.952. The van der Waals surface area contributed by atoms with E-state index in [0.29, 0.717) is 11.7 Å². The zero-order valence-electron chi connectivity index (χ0n) is 17.6. The highest BCUT2D eigenvalue weighted by molar-refractivity contribution is 6.74. The molecule has 0 N–H and O–H groups in total. The number of ether oxygens (including phenoxy) is 1. The minimum atomic E-state index is -1.88. The van der Waals surface area contributed by atoms with Crippen LogP contribution in [-0.2, 0) is 14.0 Å². The molecule has 0 amide bonds. The summed E-state index contributed by atoms with van der Waals surface area (Å²) in [4.78, 5) is 13.5. The molecule has 4 heteroatoms. The molecule has 6 atom stereocenters. The van der Waals surface area contributed by atoms with Gasteiger partial charge in [0.05, 0.1) is 12.2 Å². The van der Waals surface area contributed by atoms with Crippen molar-refractivity contribution in [1.29, 1.82) is 0 Å². The maximum atomic E-state index is 13.5. The number of hydrogen-bond donors (Lipinski definition) is 0. The first-order valence-corrected chi connectivity index (χ1v) is 13.2. The summed E-state index contributed by atoms with van der Waals surface area (Å²) in [5.41, 5.74) is -0.774. The highest BCUT2D eigenvalue weighted by atomic mass is 28.4. The largest absolute Gasteiger partial charge is 0.413 e. The second kappa shape index (κ2) is 5.90. The topological polar surface area (TPSA) is 35.5 Å². The Morgan fingerprint density at radius 1 is 1.28 bits per heavy atom. The lowest BCUT2D eigenvalue weighted by molar-refractivity contribution is -0.202. The van der Waals surface area contributed by atoms with Crippen molar-refractivity contribution < 1.29 is 14.0 Å². The fourth-order valence-corrected chi connectivity index (χ4v) is 7.07. The Bertz CT molecular complexity index is 552. The average molecular weight is 367 g/mol. The summed E-state index contributed by atoms with van der Waals surface area (Å²) in [5, 5.41) is 0.184. The van der Waals surface area contributed by atoms with E-state index in [-0.39, 0.29) is 28.6 Å². The van der Waals surface area contributed by atoms with E-state index < -0.39 is 13.9 Å². The van der Waals surface area contributed by atoms with Crippen LogP contribution in [-0.4, -0.2) is 31.9 Å². The van der Waals surface area contributed by atoms with Gasteiger partial charge in [-0.2, -0.15) is 0 Å². The van der Waals surface area contributed by atoms with Crippen LogP contribution in [0, 0.1) is 17.3 Å². The van der Waals surface area contributed by atoms with Crippen LogP contribution in [0.4, 0.5) is 0 Å². The van der Waals surface area contributed by atoms with Crippen molar-refractivity contribution in [2.45, 2.75) is 110 Å². The number of carbonyl (C=O) groups is 1. The van der Waals surface area contributed by atoms with Gasteiger partial charge in [0, 0.05) is 11.3 Å². The molecule has 0 aromatic heterocycles. The minimum absolute atomic E-state index is 0.126. The van der Waals surface area contributed by atoms with Crippen molar-refractivity contribution in [2.24, 2.45) is 17.3 Å². The van der Waals surface area contributed by atoms with Gasteiger partial charge in [0.25, 0.3) is 0 Å². The molecule has 0 radical (unpaired) electrons. The molecule has 3 rings (SSSR count). The number of fused-ring (bicyclic) bond motifs is 1. The first kappa shape index (κ1) is 19.6. The van der Waals surface area contributed by atoms with Crippen molar-refractivity contribution in [3.8, 4) is 0 Å². The lowest BCUT2D eigenvalue weighted by Gasteiger charge is -2.56. The molecule has 144 valence electrons. The van der Waals surface area contributed by atoms with Crippen LogP contribution in [0.2, 0.25) is 18.1 Å². The summed E-state index contributed by atoms with van der Waals surface area (Å²) in [6.45, 7) is 18.2. The number of carbonyl (C=O) groups excluding carboxylic acids is 1. The predicted octanol–water partition coefficient (Wildman–Crippen LogP) is 5.34. The molecule has 2 heterocycles. The van der Waals surface area contributed by atoms with Gasteiger partial charge in [0.1, 0.15) is 5.60 Å². The van der Waals surface area contributed by atoms with Crippen molar-refractivity contribution in [3.63, 3.8) is 0 Å². The number of hydrogen-bond acceptors (Lipinski definition) is 3. The SMILES string of the molecule is CC[C@H]1CC[C@H](O[Si](C)(C)C(C)(C)C)[C@@]2(C)C[C@H]3CC(C)C(=O)[C@]12O3. The Labute approximate surface area is 155 Å². The van der Waals surface area contributed by atoms with E-state index in [1.54, 1.807) is 0 Å². The Balaban J connectivity index is 2.01. The van der Waals surface area contributed by atoms with Gasteiger partial charge >= 0.3 is 0 Å². The van der Waals surface area contributed by atoms with E-state index in [1.807, 2.05) is 0 Å². The minimum Gasteiger partial charge on any atom is -0.413 e. The maximum absolute atomic E-state index is 13.5. The van der Waals surface area contributed by atoms with E-state index >= 15 is 0 Å². The average Bonchev–Trinajstić information content (AvgIpc) is 2.75. The quantitative estimate of drug-likeness (QED) is 0.632. The molecule has 25 heavy (non-hydrogen) atoms. The zero-order chi connectivity index (χ0) is 18.8. The lowest BCUT2D eigenvalue weighted by atomic mass is 9.55. The van der Waals surface area contributed by atoms with Crippen LogP contribution in [0.5, 0.6) is 0 Å². The summed E-state index contributed by atoms with van der Waals surface area (Å²) < 4.78 is 13.5. The van der Waals surface area contributed by atoms with Gasteiger partial charge in [-0.1, -0.05) is 48.0 Å². The molecular weight excluding hydrogens is 328 g/mol. The third kappa shape index (κ3) is 2.61. The molecule has 2 bridgehead atoms. The maximum Gasteiger partial charge on any atom is 0.192 e. The van der Waals surface area contributed by atoms with Crippen LogP contribution in [0.25, 0.3) is 0 Å². The van der Waals surface area contributed by atoms with Crippen molar-refractivity contribution in [1.82, 2.24) is 0 Å². The Kier molecular flexibility index (Phi) is 4.62. The zero-order valence-corrected chi connectivity index (χ0v) is 18.6. The van der Waals surface area contributed by atoms with Gasteiger partial charge in [-0.15, -0.1) is 0 Å². The lowest BCUT2D eigenvalue weighted by Crippen LogP contribution is -2.66. The Morgan fingerprint density at radius 3 is 2.48 bits per heavy atom. The molecule has 1 saturated carbocycles. The molecule has 0 aromatic carbocycles. The smallest absolute Gasteiger partial charge is 0.192 e. The third-order valence-electron chi connectivity index (χ3n) is 8.08. The van der Waals surface area contributed by atoms with Crippen molar-refractivity contribution >= 4 is 14.1 Å². The number of Topliss-reactive ketones (excluding diaryl/α,β-unsaturated/α-hetero) is 1. The second-order valence-corrected chi connectivity index (χ2v) is 15.4. The van der Waals surface area contributed by atoms with E-state index in [4.69, 9.17) is 9.16 Å². The highest BCUT2D eigenvalue weighted by Crippen LogP contribution is 2.63. The summed E-state index contributed by atoms with van der Waals surface area (Å²) in [7, 11) is -1.88. The molecule has 3 fully saturated rings. The first-order valence-electron chi connectivity index (χ1n) is 10.3. The second-order valence-electron chi connectivity index (χ2n) is 10.6. The standard InChI is InChI=1S/C21H38O3Si/c1-9-15-10-11-17(24-25(7,8)19(3,4)5)20(6)13-16-12-14(2)18(22)21(15,20)23-16/h14-17H,9-13H2,1-8H3/t14?,15-,16+,17-,20+,21+/m0/s1. The highest BCUT2D eigenvalue weighted by Gasteiger charge is 2.71. The normalized spacial score (nSPS) is 44.7. The third-order valence-corrected chi connectivity index (χ3v) is 12.6. The molecule has 2 aliphatic heterocycles. The van der Waals surface area contributed by atoms with Crippen LogP contribution in [0.3, 0.4) is 0 Å². The van der Waals surface area contributed by atoms with Gasteiger partial charge < -0.3 is 9.16 Å². The molecule has 3 aliphatic rings. The summed E-state index contributed by atoms with van der Waals surface area (Å²) in [6.07, 6.45) is 5.40. The van der Waals surface area contributed by atoms with Gasteiger partial charge in [-0.3, -0.25) is 4.79 Å². The first-order chi connectivity index (χ1) is 11.4. The van der Waals surface area contributed by atoms with Crippen molar-refractivity contribution in [2.75, 3.05) is 0 Å². The molecule has 1 unspecified atom stereocenters. The number of rotatable bonds is 3. The summed E-state index contributed by atoms with van der Waals surface area (Å²) in [5.74, 6) is 0.831. The van der Waals surface area contributed by atoms with Crippen LogP contribution in [0.1, 0.15) is 73.6 Å². The van der Waals surface area contributed by atoms with Crippen LogP contribution in [0.15, 0.2) is 0 Å². The predicted molar refractivity (Wildman–Crippen MR) is 104 cm³/mol. The number of ketones is 1. The van der Waals surface area contributed by atoms with Crippen LogP contribution >= 0.6 is 0 Å². The van der Waals surface area contributed by atoms with E-state index in [9.17, 15) is 4.79 Å². The van der Waals surface area contributed by atoms with E-state index in [2.05, 4.69) is 54.6 Å². The van der Waals surface area contributed by atoms with Gasteiger partial charge in [0.15, 0.2) is 14.1 Å².